The largest absolute Gasteiger partial charge is 0.383 e. The lowest BCUT2D eigenvalue weighted by atomic mass is 10.0. The highest BCUT2D eigenvalue weighted by atomic mass is 16.5. The Morgan fingerprint density at radius 1 is 1.10 bits per heavy atom. The minimum absolute atomic E-state index is 0.0569. The van der Waals surface area contributed by atoms with Crippen LogP contribution in [0.5, 0.6) is 0 Å². The lowest BCUT2D eigenvalue weighted by molar-refractivity contribution is 0.187. The van der Waals surface area contributed by atoms with Gasteiger partial charge >= 0.3 is 5.69 Å². The zero-order valence-electron chi connectivity index (χ0n) is 18.1. The van der Waals surface area contributed by atoms with Crippen LogP contribution < -0.4 is 11.0 Å². The molecule has 0 fully saturated rings. The number of methoxy groups -OCH3 is 1. The number of nitrogens with zero attached hydrogens (tertiary/aromatic N) is 4. The Balaban J connectivity index is 1.86. The van der Waals surface area contributed by atoms with Crippen LogP contribution in [0.4, 0.5) is 5.82 Å². The Morgan fingerprint density at radius 3 is 2.60 bits per heavy atom. The minimum atomic E-state index is -0.0569. The van der Waals surface area contributed by atoms with Gasteiger partial charge in [-0.2, -0.15) is 5.10 Å². The van der Waals surface area contributed by atoms with Gasteiger partial charge in [0.05, 0.1) is 35.9 Å². The molecule has 0 saturated carbocycles. The molecule has 4 rings (SSSR count). The fourth-order valence-electron chi connectivity index (χ4n) is 3.91. The van der Waals surface area contributed by atoms with E-state index >= 15 is 0 Å². The monoisotopic (exact) mass is 405 g/mol. The number of hydrogen-bond acceptors (Lipinski definition) is 5. The molecule has 7 heteroatoms. The molecule has 0 spiro atoms. The molecule has 0 amide bonds. The highest BCUT2D eigenvalue weighted by Gasteiger charge is 2.17. The van der Waals surface area contributed by atoms with Crippen molar-refractivity contribution >= 4 is 27.6 Å². The third-order valence-corrected chi connectivity index (χ3v) is 5.64. The van der Waals surface area contributed by atoms with Gasteiger partial charge in [0.1, 0.15) is 0 Å². The van der Waals surface area contributed by atoms with Crippen LogP contribution in [0.2, 0.25) is 0 Å². The molecule has 0 saturated heterocycles. The van der Waals surface area contributed by atoms with Gasteiger partial charge in [0, 0.05) is 24.9 Å². The maximum absolute atomic E-state index is 12.8. The summed E-state index contributed by atoms with van der Waals surface area (Å²) in [5.41, 5.74) is 4.91. The maximum Gasteiger partial charge on any atom is 0.328 e. The van der Waals surface area contributed by atoms with E-state index < -0.39 is 0 Å². The predicted octanol–water partition coefficient (Wildman–Crippen LogP) is 3.72. The van der Waals surface area contributed by atoms with E-state index in [-0.39, 0.29) is 11.7 Å². The van der Waals surface area contributed by atoms with E-state index in [1.807, 2.05) is 19.1 Å². The Morgan fingerprint density at radius 2 is 1.87 bits per heavy atom. The van der Waals surface area contributed by atoms with Crippen LogP contribution in [-0.2, 0) is 18.3 Å². The van der Waals surface area contributed by atoms with Crippen molar-refractivity contribution in [3.8, 4) is 0 Å². The van der Waals surface area contributed by atoms with E-state index in [1.165, 1.54) is 11.1 Å². The fourth-order valence-corrected chi connectivity index (χ4v) is 3.91. The Kier molecular flexibility index (Phi) is 5.30. The van der Waals surface area contributed by atoms with Gasteiger partial charge in [0.15, 0.2) is 5.82 Å². The van der Waals surface area contributed by atoms with Crippen LogP contribution in [0.15, 0.2) is 41.2 Å². The highest BCUT2D eigenvalue weighted by Crippen LogP contribution is 2.30. The number of aryl methyl sites for hydroxylation is 3. The van der Waals surface area contributed by atoms with E-state index in [0.29, 0.717) is 19.0 Å². The minimum Gasteiger partial charge on any atom is -0.383 e. The van der Waals surface area contributed by atoms with Crippen LogP contribution in [0.3, 0.4) is 0 Å². The van der Waals surface area contributed by atoms with Crippen LogP contribution in [0.1, 0.15) is 29.8 Å². The van der Waals surface area contributed by atoms with Gasteiger partial charge in [-0.15, -0.1) is 5.10 Å². The molecule has 1 atom stereocenters. The summed E-state index contributed by atoms with van der Waals surface area (Å²) in [4.78, 5) is 12.8. The second-order valence-electron chi connectivity index (χ2n) is 7.79. The van der Waals surface area contributed by atoms with Crippen molar-refractivity contribution in [1.82, 2.24) is 19.3 Å². The molecule has 0 aliphatic carbocycles. The molecule has 156 valence electrons. The molecule has 1 N–H and O–H groups in total. The van der Waals surface area contributed by atoms with E-state index in [1.54, 1.807) is 23.3 Å². The third kappa shape index (κ3) is 3.45. The normalized spacial score (nSPS) is 12.6. The summed E-state index contributed by atoms with van der Waals surface area (Å²) in [6, 6.07) is 12.5. The number of ether oxygens (including phenoxy) is 1. The van der Waals surface area contributed by atoms with Crippen LogP contribution in [0, 0.1) is 13.8 Å². The summed E-state index contributed by atoms with van der Waals surface area (Å²) < 4.78 is 8.62. The Bertz CT molecular complexity index is 1290. The Hall–Kier alpha value is -3.19. The van der Waals surface area contributed by atoms with Crippen molar-refractivity contribution in [3.63, 3.8) is 0 Å². The maximum atomic E-state index is 12.8. The number of fused-ring (bicyclic) bond motifs is 2. The molecule has 2 aromatic heterocycles. The number of imidazole rings is 1. The summed E-state index contributed by atoms with van der Waals surface area (Å²) in [7, 11) is 3.43. The standard InChI is InChI=1S/C23H27N5O2/c1-14-7-6-8-17(11-14)15(2)24-22-19-13-21-20(12-18(19)16(3)25-26-22)27(4)23(29)28(21)9-10-30-5/h6-8,11-13,15H,9-10H2,1-5H3,(H,24,26)/t15-/m1/s1. The first-order valence-corrected chi connectivity index (χ1v) is 10.1. The van der Waals surface area contributed by atoms with Gasteiger partial charge in [0.25, 0.3) is 0 Å². The highest BCUT2D eigenvalue weighted by molar-refractivity contribution is 6.01. The van der Waals surface area contributed by atoms with Gasteiger partial charge in [-0.05, 0) is 38.5 Å². The van der Waals surface area contributed by atoms with Crippen molar-refractivity contribution in [3.05, 3.63) is 63.7 Å². The average molecular weight is 406 g/mol. The molecular weight excluding hydrogens is 378 g/mol. The number of rotatable bonds is 6. The number of anilines is 1. The molecule has 0 aliphatic heterocycles. The molecular formula is C23H27N5O2. The zero-order chi connectivity index (χ0) is 21.4. The van der Waals surface area contributed by atoms with Gasteiger partial charge in [-0.1, -0.05) is 29.8 Å². The van der Waals surface area contributed by atoms with Crippen LogP contribution >= 0.6 is 0 Å². The van der Waals surface area contributed by atoms with E-state index in [4.69, 9.17) is 4.74 Å². The summed E-state index contributed by atoms with van der Waals surface area (Å²) >= 11 is 0. The first-order valence-electron chi connectivity index (χ1n) is 10.1. The molecule has 30 heavy (non-hydrogen) atoms. The lowest BCUT2D eigenvalue weighted by Gasteiger charge is -2.17. The number of nitrogens with one attached hydrogen (secondary N) is 1. The van der Waals surface area contributed by atoms with Gasteiger partial charge in [0.2, 0.25) is 0 Å². The van der Waals surface area contributed by atoms with Gasteiger partial charge < -0.3 is 10.1 Å². The lowest BCUT2D eigenvalue weighted by Crippen LogP contribution is -2.23. The predicted molar refractivity (Wildman–Crippen MR) is 120 cm³/mol. The van der Waals surface area contributed by atoms with Crippen molar-refractivity contribution < 1.29 is 4.74 Å². The first-order chi connectivity index (χ1) is 14.4. The van der Waals surface area contributed by atoms with Gasteiger partial charge in [-0.25, -0.2) is 4.79 Å². The average Bonchev–Trinajstić information content (AvgIpc) is 2.97. The molecule has 0 bridgehead atoms. The van der Waals surface area contributed by atoms with E-state index in [2.05, 4.69) is 53.6 Å². The topological polar surface area (TPSA) is 74.0 Å². The fraction of sp³-hybridized carbons (Fsp3) is 0.348. The second-order valence-corrected chi connectivity index (χ2v) is 7.79. The van der Waals surface area contributed by atoms with Crippen molar-refractivity contribution in [2.24, 2.45) is 7.05 Å². The molecule has 2 heterocycles. The number of hydrogen-bond donors (Lipinski definition) is 1. The van der Waals surface area contributed by atoms with Gasteiger partial charge in [-0.3, -0.25) is 9.13 Å². The molecule has 4 aromatic rings. The second kappa shape index (κ2) is 7.91. The van der Waals surface area contributed by atoms with E-state index in [0.717, 1.165) is 27.5 Å². The number of benzene rings is 2. The molecule has 7 nitrogen and oxygen atoms in total. The molecule has 2 aromatic carbocycles. The quantitative estimate of drug-likeness (QED) is 0.529. The van der Waals surface area contributed by atoms with Crippen LogP contribution in [-0.4, -0.2) is 33.0 Å². The van der Waals surface area contributed by atoms with Crippen molar-refractivity contribution in [1.29, 1.82) is 0 Å². The molecule has 0 radical (unpaired) electrons. The zero-order valence-corrected chi connectivity index (χ0v) is 18.1. The summed E-state index contributed by atoms with van der Waals surface area (Å²) in [5.74, 6) is 0.709. The van der Waals surface area contributed by atoms with Crippen molar-refractivity contribution in [2.45, 2.75) is 33.4 Å². The smallest absolute Gasteiger partial charge is 0.328 e. The Labute approximate surface area is 175 Å². The molecule has 0 unspecified atom stereocenters. The third-order valence-electron chi connectivity index (χ3n) is 5.64. The van der Waals surface area contributed by atoms with E-state index in [9.17, 15) is 4.79 Å². The van der Waals surface area contributed by atoms with Crippen LogP contribution in [0.25, 0.3) is 21.8 Å². The molecule has 0 aliphatic rings. The summed E-state index contributed by atoms with van der Waals surface area (Å²) in [5, 5.41) is 14.2. The number of aromatic nitrogens is 4. The SMILES string of the molecule is COCCn1c(=O)n(C)c2cc3c(C)nnc(N[C@H](C)c4cccc(C)c4)c3cc21. The summed E-state index contributed by atoms with van der Waals surface area (Å²) in [6.45, 7) is 7.10. The summed E-state index contributed by atoms with van der Waals surface area (Å²) in [6.07, 6.45) is 0. The first kappa shape index (κ1) is 20.1. The van der Waals surface area contributed by atoms with Crippen molar-refractivity contribution in [2.75, 3.05) is 19.0 Å².